The van der Waals surface area contributed by atoms with Crippen molar-refractivity contribution in [1.82, 2.24) is 9.55 Å². The molecule has 0 fully saturated rings. The maximum Gasteiger partial charge on any atom is 0.126 e. The van der Waals surface area contributed by atoms with Crippen LogP contribution in [0.1, 0.15) is 55.3 Å². The summed E-state index contributed by atoms with van der Waals surface area (Å²) in [4.78, 5) is 3.98. The van der Waals surface area contributed by atoms with E-state index in [0.717, 1.165) is 23.6 Å². The third kappa shape index (κ3) is 9.77. The third-order valence-electron chi connectivity index (χ3n) is 6.97. The largest absolute Gasteiger partial charge is 0.508 e. The number of hydrogen-bond acceptors (Lipinski definition) is 7. The Morgan fingerprint density at radius 1 is 0.867 bits per heavy atom. The van der Waals surface area contributed by atoms with Crippen molar-refractivity contribution in [2.75, 3.05) is 14.2 Å². The number of aryl methyl sites for hydroxylation is 2. The minimum atomic E-state index is 0.103. The molecule has 8 heteroatoms. The lowest BCUT2D eigenvalue weighted by molar-refractivity contribution is 0.193. The van der Waals surface area contributed by atoms with Crippen molar-refractivity contribution in [3.05, 3.63) is 101 Å². The average molecular weight is 605 g/mol. The zero-order valence-electron chi connectivity index (χ0n) is 26.9. The van der Waals surface area contributed by atoms with Crippen molar-refractivity contribution in [3.63, 3.8) is 0 Å². The van der Waals surface area contributed by atoms with Gasteiger partial charge in [0.25, 0.3) is 0 Å². The minimum absolute atomic E-state index is 0.103. The van der Waals surface area contributed by atoms with Crippen LogP contribution in [0.25, 0.3) is 23.3 Å². The van der Waals surface area contributed by atoms with Gasteiger partial charge in [0.2, 0.25) is 0 Å². The highest BCUT2D eigenvalue weighted by Crippen LogP contribution is 2.34. The summed E-state index contributed by atoms with van der Waals surface area (Å²) in [5, 5.41) is 29.2. The first-order valence-electron chi connectivity index (χ1n) is 14.6. The lowest BCUT2D eigenvalue weighted by atomic mass is 9.99. The molecule has 0 amide bonds. The Kier molecular flexibility index (Phi) is 12.4. The van der Waals surface area contributed by atoms with Crippen molar-refractivity contribution in [2.24, 2.45) is 13.0 Å². The molecular weight excluding hydrogens is 564 g/mol. The van der Waals surface area contributed by atoms with Crippen LogP contribution in [-0.2, 0) is 7.05 Å². The maximum atomic E-state index is 9.91. The Bertz CT molecular complexity index is 1690. The van der Waals surface area contributed by atoms with E-state index < -0.39 is 0 Å². The van der Waals surface area contributed by atoms with Gasteiger partial charge in [-0.15, -0.1) is 0 Å². The van der Waals surface area contributed by atoms with Crippen LogP contribution in [-0.4, -0.2) is 35.0 Å². The van der Waals surface area contributed by atoms with E-state index in [-0.39, 0.29) is 11.9 Å². The van der Waals surface area contributed by atoms with Gasteiger partial charge in [0.15, 0.2) is 0 Å². The highest BCUT2D eigenvalue weighted by atomic mass is 16.5. The molecule has 8 nitrogen and oxygen atoms in total. The quantitative estimate of drug-likeness (QED) is 0.144. The van der Waals surface area contributed by atoms with Gasteiger partial charge in [-0.2, -0.15) is 10.5 Å². The Morgan fingerprint density at radius 2 is 1.36 bits per heavy atom. The Morgan fingerprint density at radius 3 is 1.71 bits per heavy atom. The highest BCUT2D eigenvalue weighted by molar-refractivity contribution is 5.93. The normalized spacial score (nSPS) is 12.0. The number of methoxy groups -OCH3 is 2. The van der Waals surface area contributed by atoms with Crippen LogP contribution in [0.5, 0.6) is 23.0 Å². The third-order valence-corrected chi connectivity index (χ3v) is 6.97. The molecule has 0 bridgehead atoms. The monoisotopic (exact) mass is 604 g/mol. The van der Waals surface area contributed by atoms with Gasteiger partial charge in [0.1, 0.15) is 28.8 Å². The van der Waals surface area contributed by atoms with Crippen LogP contribution in [0.4, 0.5) is 0 Å². The smallest absolute Gasteiger partial charge is 0.126 e. The van der Waals surface area contributed by atoms with Crippen molar-refractivity contribution in [2.45, 2.75) is 40.2 Å². The Labute approximate surface area is 266 Å². The molecule has 1 unspecified atom stereocenters. The standard InChI is InChI=1S/C32H32N2O4.C5H8N2/c1-21(2)14-22(3)38-30-12-8-24(9-13-30)28(20-34)16-26-18-31(36-4)25(17-32(26)37-5)15-27(19-33)23-6-10-29(35)11-7-23;1-5-6-3-4-7(5)2/h6-13,15-18,21-22,35H,14H2,1-5H3;3-4H,1-2H3/b27-15+,28-16+;. The molecule has 4 aromatic rings. The van der Waals surface area contributed by atoms with Crippen LogP contribution >= 0.6 is 0 Å². The summed E-state index contributed by atoms with van der Waals surface area (Å²) in [6.07, 6.45) is 8.22. The maximum absolute atomic E-state index is 9.91. The zero-order chi connectivity index (χ0) is 32.9. The van der Waals surface area contributed by atoms with Gasteiger partial charge in [-0.05, 0) is 110 Å². The molecule has 0 spiro atoms. The van der Waals surface area contributed by atoms with Crippen LogP contribution in [0, 0.1) is 35.5 Å². The second-order valence-corrected chi connectivity index (χ2v) is 10.9. The Hall–Kier alpha value is -5.47. The molecule has 3 aromatic carbocycles. The summed E-state index contributed by atoms with van der Waals surface area (Å²) in [7, 11) is 5.07. The van der Waals surface area contributed by atoms with Gasteiger partial charge in [-0.1, -0.05) is 13.8 Å². The summed E-state index contributed by atoms with van der Waals surface area (Å²) < 4.78 is 19.2. The lowest BCUT2D eigenvalue weighted by Crippen LogP contribution is -2.14. The number of ether oxygens (including phenoxy) is 3. The summed E-state index contributed by atoms with van der Waals surface area (Å²) in [6, 6.07) is 21.9. The molecule has 1 heterocycles. The van der Waals surface area contributed by atoms with Crippen molar-refractivity contribution >= 4 is 23.3 Å². The molecule has 0 aliphatic rings. The average Bonchev–Trinajstić information content (AvgIpc) is 3.41. The molecule has 232 valence electrons. The molecule has 0 aliphatic carbocycles. The van der Waals surface area contributed by atoms with Gasteiger partial charge in [-0.25, -0.2) is 4.98 Å². The number of phenols is 1. The predicted octanol–water partition coefficient (Wildman–Crippen LogP) is 8.08. The molecule has 45 heavy (non-hydrogen) atoms. The fraction of sp³-hybridized carbons (Fsp3) is 0.270. The second kappa shape index (κ2) is 16.4. The molecule has 1 N–H and O–H groups in total. The molecule has 4 rings (SSSR count). The van der Waals surface area contributed by atoms with E-state index in [9.17, 15) is 15.6 Å². The summed E-state index contributed by atoms with van der Waals surface area (Å²) in [5.41, 5.74) is 3.57. The second-order valence-electron chi connectivity index (χ2n) is 10.9. The number of aromatic hydroxyl groups is 1. The minimum Gasteiger partial charge on any atom is -0.508 e. The summed E-state index contributed by atoms with van der Waals surface area (Å²) in [5.74, 6) is 3.53. The van der Waals surface area contributed by atoms with Gasteiger partial charge < -0.3 is 23.9 Å². The molecule has 1 aromatic heterocycles. The van der Waals surface area contributed by atoms with Gasteiger partial charge in [-0.3, -0.25) is 0 Å². The lowest BCUT2D eigenvalue weighted by Gasteiger charge is -2.16. The number of imidazole rings is 1. The van der Waals surface area contributed by atoms with Gasteiger partial charge in [0.05, 0.1) is 43.6 Å². The fourth-order valence-electron chi connectivity index (χ4n) is 4.58. The number of allylic oxidation sites excluding steroid dienone is 2. The molecule has 0 radical (unpaired) electrons. The van der Waals surface area contributed by atoms with Gasteiger partial charge >= 0.3 is 0 Å². The molecular formula is C37H40N4O4. The van der Waals surface area contributed by atoms with E-state index in [1.54, 1.807) is 56.8 Å². The Balaban J connectivity index is 0.000000693. The first-order valence-corrected chi connectivity index (χ1v) is 14.6. The first-order chi connectivity index (χ1) is 21.6. The topological polar surface area (TPSA) is 113 Å². The van der Waals surface area contributed by atoms with Crippen molar-refractivity contribution in [3.8, 4) is 35.1 Å². The number of hydrogen-bond donors (Lipinski definition) is 1. The fourth-order valence-corrected chi connectivity index (χ4v) is 4.58. The number of benzene rings is 3. The first kappa shape index (κ1) is 34.0. The molecule has 0 aliphatic heterocycles. The van der Waals surface area contributed by atoms with Crippen molar-refractivity contribution in [1.29, 1.82) is 10.5 Å². The van der Waals surface area contributed by atoms with Gasteiger partial charge in [0, 0.05) is 30.6 Å². The molecule has 1 atom stereocenters. The highest BCUT2D eigenvalue weighted by Gasteiger charge is 2.13. The SMILES string of the molecule is COc1cc(/C=C(\C#N)c2ccc(OC(C)CC(C)C)cc2)c(OC)cc1/C=C(\C#N)c1ccc(O)cc1.Cc1nccn1C. The van der Waals surface area contributed by atoms with E-state index in [0.29, 0.717) is 45.3 Å². The number of aromatic nitrogens is 2. The van der Waals surface area contributed by atoms with Crippen LogP contribution in [0.15, 0.2) is 73.1 Å². The van der Waals surface area contributed by atoms with E-state index in [1.807, 2.05) is 49.0 Å². The number of nitrogens with zero attached hydrogens (tertiary/aromatic N) is 4. The molecule has 0 saturated heterocycles. The van der Waals surface area contributed by atoms with E-state index >= 15 is 0 Å². The number of phenolic OH excluding ortho intramolecular Hbond substituents is 1. The number of nitriles is 2. The zero-order valence-corrected chi connectivity index (χ0v) is 26.9. The van der Waals surface area contributed by atoms with Crippen LogP contribution < -0.4 is 14.2 Å². The summed E-state index contributed by atoms with van der Waals surface area (Å²) >= 11 is 0. The summed E-state index contributed by atoms with van der Waals surface area (Å²) in [6.45, 7) is 8.35. The van der Waals surface area contributed by atoms with E-state index in [2.05, 4.69) is 37.9 Å². The van der Waals surface area contributed by atoms with Crippen LogP contribution in [0.2, 0.25) is 0 Å². The molecule has 0 saturated carbocycles. The van der Waals surface area contributed by atoms with Crippen molar-refractivity contribution < 1.29 is 19.3 Å². The van der Waals surface area contributed by atoms with E-state index in [1.165, 1.54) is 12.1 Å². The van der Waals surface area contributed by atoms with E-state index in [4.69, 9.17) is 14.2 Å². The number of rotatable bonds is 10. The predicted molar refractivity (Wildman–Crippen MR) is 179 cm³/mol. The van der Waals surface area contributed by atoms with Crippen LogP contribution in [0.3, 0.4) is 0 Å².